The molecular formula is C7H11O4-. The average Bonchev–Trinajstić information content (AvgIpc) is 1.94. The molecule has 4 heteroatoms. The largest absolute Gasteiger partial charge is 0.550 e. The number of carbonyl (C=O) groups excluding carboxylic acids is 1. The maximum absolute atomic E-state index is 10.3. The Morgan fingerprint density at radius 1 is 1.27 bits per heavy atom. The minimum atomic E-state index is -1.13. The van der Waals surface area contributed by atoms with Crippen LogP contribution in [0, 0.1) is 5.92 Å². The van der Waals surface area contributed by atoms with Gasteiger partial charge in [-0.05, 0) is 19.3 Å². The Bertz CT molecular complexity index is 157. The first-order valence-corrected chi connectivity index (χ1v) is 3.68. The van der Waals surface area contributed by atoms with Crippen LogP contribution in [-0.4, -0.2) is 28.4 Å². The highest BCUT2D eigenvalue weighted by molar-refractivity contribution is 5.67. The smallest absolute Gasteiger partial charge is 0.0805 e. The third-order valence-corrected chi connectivity index (χ3v) is 2.11. The quantitative estimate of drug-likeness (QED) is 0.476. The first-order chi connectivity index (χ1) is 5.11. The molecule has 0 aromatic carbocycles. The molecule has 0 radical (unpaired) electrons. The van der Waals surface area contributed by atoms with E-state index in [1.54, 1.807) is 0 Å². The van der Waals surface area contributed by atoms with E-state index in [1.165, 1.54) is 0 Å². The molecule has 3 unspecified atom stereocenters. The zero-order valence-corrected chi connectivity index (χ0v) is 6.06. The molecule has 1 fully saturated rings. The number of rotatable bonds is 1. The van der Waals surface area contributed by atoms with Crippen LogP contribution >= 0.6 is 0 Å². The maximum Gasteiger partial charge on any atom is 0.0805 e. The average molecular weight is 159 g/mol. The molecule has 4 nitrogen and oxygen atoms in total. The van der Waals surface area contributed by atoms with Crippen LogP contribution < -0.4 is 5.11 Å². The highest BCUT2D eigenvalue weighted by atomic mass is 16.4. The van der Waals surface area contributed by atoms with E-state index in [9.17, 15) is 9.90 Å². The Balaban J connectivity index is 2.46. The molecule has 0 saturated heterocycles. The lowest BCUT2D eigenvalue weighted by molar-refractivity contribution is -0.313. The summed E-state index contributed by atoms with van der Waals surface area (Å²) in [4.78, 5) is 10.3. The fourth-order valence-electron chi connectivity index (χ4n) is 1.34. The Hall–Kier alpha value is -0.610. The van der Waals surface area contributed by atoms with Crippen LogP contribution in [0.3, 0.4) is 0 Å². The van der Waals surface area contributed by atoms with Crippen molar-refractivity contribution in [2.24, 2.45) is 5.92 Å². The summed E-state index contributed by atoms with van der Waals surface area (Å²) in [6.07, 6.45) is -0.790. The van der Waals surface area contributed by atoms with Crippen molar-refractivity contribution in [2.75, 3.05) is 0 Å². The van der Waals surface area contributed by atoms with Gasteiger partial charge in [0.1, 0.15) is 0 Å². The molecule has 0 aromatic rings. The van der Waals surface area contributed by atoms with Gasteiger partial charge in [-0.3, -0.25) is 0 Å². The van der Waals surface area contributed by atoms with Crippen LogP contribution in [0.25, 0.3) is 0 Å². The fraction of sp³-hybridized carbons (Fsp3) is 0.857. The van der Waals surface area contributed by atoms with Gasteiger partial charge in [-0.25, -0.2) is 0 Å². The summed E-state index contributed by atoms with van der Waals surface area (Å²) in [5, 5.41) is 28.4. The van der Waals surface area contributed by atoms with Gasteiger partial charge in [0, 0.05) is 11.9 Å². The topological polar surface area (TPSA) is 80.6 Å². The zero-order chi connectivity index (χ0) is 8.43. The number of aliphatic hydroxyl groups is 2. The Labute approximate surface area is 64.5 Å². The number of hydrogen-bond acceptors (Lipinski definition) is 4. The molecule has 1 saturated carbocycles. The number of aliphatic hydroxyl groups excluding tert-OH is 2. The minimum Gasteiger partial charge on any atom is -0.550 e. The number of carboxylic acid groups (broad SMARTS) is 1. The SMILES string of the molecule is O=C([O-])C1CCC(O)C(O)C1. The van der Waals surface area contributed by atoms with Gasteiger partial charge in [0.2, 0.25) is 0 Å². The van der Waals surface area contributed by atoms with Gasteiger partial charge in [-0.1, -0.05) is 0 Å². The molecule has 1 aliphatic rings. The van der Waals surface area contributed by atoms with Gasteiger partial charge < -0.3 is 20.1 Å². The number of hydrogen-bond donors (Lipinski definition) is 2. The van der Waals surface area contributed by atoms with Crippen LogP contribution in [-0.2, 0) is 4.79 Å². The standard InChI is InChI=1S/C7H12O4/c8-5-2-1-4(7(10)11)3-6(5)9/h4-6,8-9H,1-3H2,(H,10,11)/p-1. The first kappa shape index (κ1) is 8.49. The summed E-state index contributed by atoms with van der Waals surface area (Å²) in [5.41, 5.74) is 0. The number of carbonyl (C=O) groups is 1. The van der Waals surface area contributed by atoms with Crippen molar-refractivity contribution >= 4 is 5.97 Å². The third-order valence-electron chi connectivity index (χ3n) is 2.11. The third kappa shape index (κ3) is 1.91. The molecule has 11 heavy (non-hydrogen) atoms. The van der Waals surface area contributed by atoms with Crippen LogP contribution in [0.15, 0.2) is 0 Å². The van der Waals surface area contributed by atoms with Crippen molar-refractivity contribution in [3.8, 4) is 0 Å². The van der Waals surface area contributed by atoms with E-state index < -0.39 is 24.1 Å². The first-order valence-electron chi connectivity index (χ1n) is 3.68. The van der Waals surface area contributed by atoms with Crippen molar-refractivity contribution in [2.45, 2.75) is 31.5 Å². The fourth-order valence-corrected chi connectivity index (χ4v) is 1.34. The van der Waals surface area contributed by atoms with Crippen molar-refractivity contribution in [1.82, 2.24) is 0 Å². The lowest BCUT2D eigenvalue weighted by Crippen LogP contribution is -2.41. The van der Waals surface area contributed by atoms with Crippen molar-refractivity contribution in [3.63, 3.8) is 0 Å². The van der Waals surface area contributed by atoms with Crippen molar-refractivity contribution in [3.05, 3.63) is 0 Å². The Morgan fingerprint density at radius 3 is 2.36 bits per heavy atom. The lowest BCUT2D eigenvalue weighted by Gasteiger charge is -2.30. The highest BCUT2D eigenvalue weighted by Crippen LogP contribution is 2.23. The second-order valence-electron chi connectivity index (χ2n) is 2.96. The molecule has 1 aliphatic carbocycles. The van der Waals surface area contributed by atoms with Crippen LogP contribution in [0.5, 0.6) is 0 Å². The summed E-state index contributed by atoms with van der Waals surface area (Å²) in [6, 6.07) is 0. The molecule has 0 amide bonds. The summed E-state index contributed by atoms with van der Waals surface area (Å²) >= 11 is 0. The van der Waals surface area contributed by atoms with Crippen LogP contribution in [0.2, 0.25) is 0 Å². The van der Waals surface area contributed by atoms with E-state index in [4.69, 9.17) is 10.2 Å². The summed E-state index contributed by atoms with van der Waals surface area (Å²) in [5.74, 6) is -1.72. The number of aliphatic carboxylic acids is 1. The van der Waals surface area contributed by atoms with Gasteiger partial charge >= 0.3 is 0 Å². The van der Waals surface area contributed by atoms with Gasteiger partial charge in [0.05, 0.1) is 12.2 Å². The lowest BCUT2D eigenvalue weighted by atomic mass is 9.85. The van der Waals surface area contributed by atoms with E-state index in [-0.39, 0.29) is 6.42 Å². The molecule has 0 aliphatic heterocycles. The van der Waals surface area contributed by atoms with Gasteiger partial charge in [-0.2, -0.15) is 0 Å². The predicted molar refractivity (Wildman–Crippen MR) is 34.4 cm³/mol. The summed E-state index contributed by atoms with van der Waals surface area (Å²) in [7, 11) is 0. The second kappa shape index (κ2) is 3.19. The van der Waals surface area contributed by atoms with Crippen LogP contribution in [0.1, 0.15) is 19.3 Å². The molecule has 0 bridgehead atoms. The molecule has 0 heterocycles. The Morgan fingerprint density at radius 2 is 1.91 bits per heavy atom. The van der Waals surface area contributed by atoms with E-state index >= 15 is 0 Å². The van der Waals surface area contributed by atoms with E-state index in [0.717, 1.165) is 0 Å². The molecular weight excluding hydrogens is 148 g/mol. The van der Waals surface area contributed by atoms with Crippen molar-refractivity contribution < 1.29 is 20.1 Å². The van der Waals surface area contributed by atoms with Crippen molar-refractivity contribution in [1.29, 1.82) is 0 Å². The van der Waals surface area contributed by atoms with Gasteiger partial charge in [-0.15, -0.1) is 0 Å². The molecule has 0 aromatic heterocycles. The predicted octanol–water partition coefficient (Wildman–Crippen LogP) is -1.74. The second-order valence-corrected chi connectivity index (χ2v) is 2.96. The highest BCUT2D eigenvalue weighted by Gasteiger charge is 2.27. The van der Waals surface area contributed by atoms with Crippen LogP contribution in [0.4, 0.5) is 0 Å². The van der Waals surface area contributed by atoms with Gasteiger partial charge in [0.25, 0.3) is 0 Å². The molecule has 1 rings (SSSR count). The van der Waals surface area contributed by atoms with E-state index in [2.05, 4.69) is 0 Å². The maximum atomic E-state index is 10.3. The Kier molecular flexibility index (Phi) is 2.46. The molecule has 64 valence electrons. The van der Waals surface area contributed by atoms with E-state index in [1.807, 2.05) is 0 Å². The molecule has 2 N–H and O–H groups in total. The molecule has 0 spiro atoms. The monoisotopic (exact) mass is 159 g/mol. The summed E-state index contributed by atoms with van der Waals surface area (Å²) in [6.45, 7) is 0. The normalized spacial score (nSPS) is 38.5. The van der Waals surface area contributed by atoms with Gasteiger partial charge in [0.15, 0.2) is 0 Å². The van der Waals surface area contributed by atoms with E-state index in [0.29, 0.717) is 12.8 Å². The summed E-state index contributed by atoms with van der Waals surface area (Å²) < 4.78 is 0. The minimum absolute atomic E-state index is 0.115. The number of carboxylic acids is 1. The molecule has 3 atom stereocenters. The zero-order valence-electron chi connectivity index (χ0n) is 6.06.